The van der Waals surface area contributed by atoms with Gasteiger partial charge in [0.05, 0.1) is 30.9 Å². The molecule has 9 nitrogen and oxygen atoms in total. The van der Waals surface area contributed by atoms with Gasteiger partial charge in [-0.1, -0.05) is 12.1 Å². The van der Waals surface area contributed by atoms with Gasteiger partial charge in [0.25, 0.3) is 0 Å². The molecule has 0 saturated carbocycles. The van der Waals surface area contributed by atoms with Crippen LogP contribution in [0.4, 0.5) is 0 Å². The van der Waals surface area contributed by atoms with E-state index in [1.54, 1.807) is 18.2 Å². The molecule has 0 spiro atoms. The third-order valence-electron chi connectivity index (χ3n) is 5.94. The number of rotatable bonds is 10. The van der Waals surface area contributed by atoms with Gasteiger partial charge < -0.3 is 14.8 Å². The summed E-state index contributed by atoms with van der Waals surface area (Å²) in [4.78, 5) is 13.0. The first kappa shape index (κ1) is 25.3. The van der Waals surface area contributed by atoms with Crippen molar-refractivity contribution in [3.05, 3.63) is 42.0 Å². The molecule has 188 valence electrons. The summed E-state index contributed by atoms with van der Waals surface area (Å²) >= 11 is 0.987. The van der Waals surface area contributed by atoms with E-state index >= 15 is 0 Å². The second-order valence-electron chi connectivity index (χ2n) is 8.28. The van der Waals surface area contributed by atoms with Gasteiger partial charge in [0.1, 0.15) is 15.9 Å². The van der Waals surface area contributed by atoms with Crippen LogP contribution in [0.15, 0.2) is 41.3 Å². The fourth-order valence-electron chi connectivity index (χ4n) is 4.23. The minimum atomic E-state index is -3.78. The molecule has 1 N–H and O–H groups in total. The summed E-state index contributed by atoms with van der Waals surface area (Å²) in [7, 11) is -3.78. The first-order valence-electron chi connectivity index (χ1n) is 11.8. The number of piperidine rings is 1. The Morgan fingerprint density at radius 2 is 1.94 bits per heavy atom. The van der Waals surface area contributed by atoms with Gasteiger partial charge in [0.15, 0.2) is 11.5 Å². The molecule has 11 heteroatoms. The summed E-state index contributed by atoms with van der Waals surface area (Å²) in [6.07, 6.45) is 1.91. The van der Waals surface area contributed by atoms with Crippen LogP contribution in [-0.4, -0.2) is 60.2 Å². The highest BCUT2D eigenvalue weighted by Gasteiger charge is 2.34. The number of hydrogen-bond acceptors (Lipinski definition) is 8. The van der Waals surface area contributed by atoms with Gasteiger partial charge >= 0.3 is 0 Å². The number of nitrogens with one attached hydrogen (secondary N) is 1. The molecule has 2 aromatic carbocycles. The van der Waals surface area contributed by atoms with E-state index in [2.05, 4.69) is 14.1 Å². The van der Waals surface area contributed by atoms with E-state index in [0.29, 0.717) is 68.1 Å². The topological polar surface area (TPSA) is 111 Å². The molecule has 0 unspecified atom stereocenters. The highest BCUT2D eigenvalue weighted by Crippen LogP contribution is 2.29. The zero-order valence-electron chi connectivity index (χ0n) is 19.9. The predicted molar refractivity (Wildman–Crippen MR) is 134 cm³/mol. The Morgan fingerprint density at radius 1 is 1.14 bits per heavy atom. The Balaban J connectivity index is 1.37. The van der Waals surface area contributed by atoms with Crippen LogP contribution in [0.25, 0.3) is 11.0 Å². The van der Waals surface area contributed by atoms with Crippen molar-refractivity contribution in [1.82, 2.24) is 18.4 Å². The predicted octanol–water partition coefficient (Wildman–Crippen LogP) is 3.25. The lowest BCUT2D eigenvalue weighted by Crippen LogP contribution is -2.45. The van der Waals surface area contributed by atoms with E-state index in [0.717, 1.165) is 17.3 Å². The molecule has 1 saturated heterocycles. The molecule has 0 aliphatic carbocycles. The standard InChI is InChI=1S/C24H30N4O5S2/c1-3-32-20-11-10-17(15-21(20)33-4-2)12-13-25-24(29)18-7-6-14-28(16-18)35(30,31)22-9-5-8-19-23(22)27-34-26-19/h5,8-11,15,18H,3-4,6-7,12-14,16H2,1-2H3,(H,25,29)/t18-/m0/s1. The number of aromatic nitrogens is 2. The molecule has 1 aromatic heterocycles. The average Bonchev–Trinajstić information content (AvgIpc) is 3.35. The number of fused-ring (bicyclic) bond motifs is 1. The molecule has 1 aliphatic rings. The van der Waals surface area contributed by atoms with E-state index in [-0.39, 0.29) is 17.3 Å². The first-order valence-corrected chi connectivity index (χ1v) is 14.0. The van der Waals surface area contributed by atoms with Crippen LogP contribution in [0.1, 0.15) is 32.3 Å². The van der Waals surface area contributed by atoms with Gasteiger partial charge in [-0.2, -0.15) is 13.1 Å². The van der Waals surface area contributed by atoms with Gasteiger partial charge in [-0.15, -0.1) is 0 Å². The number of nitrogens with zero attached hydrogens (tertiary/aromatic N) is 3. The average molecular weight is 519 g/mol. The van der Waals surface area contributed by atoms with Crippen LogP contribution >= 0.6 is 11.7 Å². The van der Waals surface area contributed by atoms with Crippen molar-refractivity contribution < 1.29 is 22.7 Å². The van der Waals surface area contributed by atoms with Crippen molar-refractivity contribution >= 4 is 38.7 Å². The van der Waals surface area contributed by atoms with Crippen molar-refractivity contribution in [2.75, 3.05) is 32.8 Å². The maximum absolute atomic E-state index is 13.3. The lowest BCUT2D eigenvalue weighted by atomic mass is 9.99. The molecule has 0 bridgehead atoms. The minimum Gasteiger partial charge on any atom is -0.490 e. The molecule has 1 atom stereocenters. The molecule has 4 rings (SSSR count). The van der Waals surface area contributed by atoms with Crippen LogP contribution in [0, 0.1) is 5.92 Å². The normalized spacial score (nSPS) is 16.8. The van der Waals surface area contributed by atoms with Crippen LogP contribution in [0.2, 0.25) is 0 Å². The van der Waals surface area contributed by atoms with E-state index in [1.165, 1.54) is 4.31 Å². The van der Waals surface area contributed by atoms with Crippen LogP contribution in [0.3, 0.4) is 0 Å². The molecular formula is C24H30N4O5S2. The second kappa shape index (κ2) is 11.3. The quantitative estimate of drug-likeness (QED) is 0.439. The maximum atomic E-state index is 13.3. The number of hydrogen-bond donors (Lipinski definition) is 1. The molecule has 0 radical (unpaired) electrons. The number of amides is 1. The van der Waals surface area contributed by atoms with E-state index in [1.807, 2.05) is 32.0 Å². The number of ether oxygens (including phenoxy) is 2. The Kier molecular flexibility index (Phi) is 8.19. The molecule has 1 fully saturated rings. The summed E-state index contributed by atoms with van der Waals surface area (Å²) in [5, 5.41) is 2.98. The number of benzene rings is 2. The number of carbonyl (C=O) groups is 1. The molecule has 1 amide bonds. The van der Waals surface area contributed by atoms with Crippen LogP contribution in [-0.2, 0) is 21.2 Å². The van der Waals surface area contributed by atoms with Gasteiger partial charge in [0.2, 0.25) is 15.9 Å². The fraction of sp³-hybridized carbons (Fsp3) is 0.458. The first-order chi connectivity index (χ1) is 16.9. The van der Waals surface area contributed by atoms with Crippen molar-refractivity contribution in [3.63, 3.8) is 0 Å². The zero-order valence-corrected chi connectivity index (χ0v) is 21.5. The van der Waals surface area contributed by atoms with Gasteiger partial charge in [0, 0.05) is 19.6 Å². The Hall–Kier alpha value is -2.76. The highest BCUT2D eigenvalue weighted by molar-refractivity contribution is 7.89. The van der Waals surface area contributed by atoms with Crippen molar-refractivity contribution in [2.24, 2.45) is 5.92 Å². The van der Waals surface area contributed by atoms with Gasteiger partial charge in [-0.05, 0) is 62.9 Å². The molecule has 35 heavy (non-hydrogen) atoms. The molecule has 1 aliphatic heterocycles. The van der Waals surface area contributed by atoms with Crippen molar-refractivity contribution in [3.8, 4) is 11.5 Å². The largest absolute Gasteiger partial charge is 0.490 e. The molecule has 2 heterocycles. The highest BCUT2D eigenvalue weighted by atomic mass is 32.2. The minimum absolute atomic E-state index is 0.130. The summed E-state index contributed by atoms with van der Waals surface area (Å²) in [5.41, 5.74) is 1.96. The summed E-state index contributed by atoms with van der Waals surface area (Å²) in [6.45, 7) is 5.92. The monoisotopic (exact) mass is 518 g/mol. The van der Waals surface area contributed by atoms with Crippen molar-refractivity contribution in [1.29, 1.82) is 0 Å². The van der Waals surface area contributed by atoms with Crippen LogP contribution in [0.5, 0.6) is 11.5 Å². The lowest BCUT2D eigenvalue weighted by Gasteiger charge is -2.31. The van der Waals surface area contributed by atoms with E-state index in [4.69, 9.17) is 9.47 Å². The smallest absolute Gasteiger partial charge is 0.245 e. The van der Waals surface area contributed by atoms with Gasteiger partial charge in [-0.25, -0.2) is 8.42 Å². The van der Waals surface area contributed by atoms with Crippen LogP contribution < -0.4 is 14.8 Å². The summed E-state index contributed by atoms with van der Waals surface area (Å²) < 4.78 is 47.6. The van der Waals surface area contributed by atoms with E-state index < -0.39 is 15.9 Å². The molecule has 3 aromatic rings. The maximum Gasteiger partial charge on any atom is 0.245 e. The fourth-order valence-corrected chi connectivity index (χ4v) is 6.51. The summed E-state index contributed by atoms with van der Waals surface area (Å²) in [6, 6.07) is 10.7. The lowest BCUT2D eigenvalue weighted by molar-refractivity contribution is -0.126. The Bertz CT molecular complexity index is 1280. The summed E-state index contributed by atoms with van der Waals surface area (Å²) in [5.74, 6) is 0.867. The van der Waals surface area contributed by atoms with Gasteiger partial charge in [-0.3, -0.25) is 4.79 Å². The van der Waals surface area contributed by atoms with Crippen molar-refractivity contribution in [2.45, 2.75) is 38.0 Å². The number of carbonyl (C=O) groups excluding carboxylic acids is 1. The Morgan fingerprint density at radius 3 is 2.74 bits per heavy atom. The Labute approximate surface area is 209 Å². The van der Waals surface area contributed by atoms with E-state index in [9.17, 15) is 13.2 Å². The zero-order chi connectivity index (χ0) is 24.8. The number of sulfonamides is 1. The third kappa shape index (κ3) is 5.74. The SMILES string of the molecule is CCOc1ccc(CCNC(=O)[C@H]2CCCN(S(=O)(=O)c3cccc4nsnc34)C2)cc1OCC. The molecular weight excluding hydrogens is 488 g/mol. The second-order valence-corrected chi connectivity index (χ2v) is 10.7. The third-order valence-corrected chi connectivity index (χ3v) is 8.38.